The third kappa shape index (κ3) is 7.00. The van der Waals surface area contributed by atoms with Crippen molar-refractivity contribution in [2.24, 2.45) is 0 Å². The topological polar surface area (TPSA) is 110 Å². The quantitative estimate of drug-likeness (QED) is 0.218. The number of pyridine rings is 1. The van der Waals surface area contributed by atoms with Gasteiger partial charge in [-0.2, -0.15) is 18.3 Å². The molecule has 220 valence electrons. The SMILES string of the molecule is CNC(=O)c1cc(Oc2ccc(NC(=O)Nc3cc(C(C)(C)C)nn3-c3cc(F)cc(F)c3)c(C(F)(F)F)c2)ccn1. The lowest BCUT2D eigenvalue weighted by atomic mass is 9.92. The standard InChI is InChI=1S/C28H25F5N6O3/c1-27(2,3)23-14-24(39(38-23)17-10-15(29)9-16(30)11-17)37-26(41)36-21-6-5-18(12-20(21)28(31,32)33)42-19-7-8-35-22(13-19)25(40)34-4/h5-14H,1-4H3,(H,34,40)(H2,36,37,41). The number of anilines is 2. The van der Waals surface area contributed by atoms with E-state index in [9.17, 15) is 31.5 Å². The maximum Gasteiger partial charge on any atom is 0.418 e. The van der Waals surface area contributed by atoms with E-state index in [4.69, 9.17) is 4.74 Å². The van der Waals surface area contributed by atoms with Crippen molar-refractivity contribution in [3.63, 3.8) is 0 Å². The number of nitrogens with one attached hydrogen (secondary N) is 3. The molecule has 0 fully saturated rings. The number of hydrogen-bond acceptors (Lipinski definition) is 5. The van der Waals surface area contributed by atoms with Crippen LogP contribution in [-0.4, -0.2) is 33.8 Å². The first-order valence-electron chi connectivity index (χ1n) is 12.4. The van der Waals surface area contributed by atoms with Gasteiger partial charge in [0.05, 0.1) is 22.6 Å². The van der Waals surface area contributed by atoms with Crippen LogP contribution < -0.4 is 20.7 Å². The first-order valence-corrected chi connectivity index (χ1v) is 12.4. The average molecular weight is 589 g/mol. The van der Waals surface area contributed by atoms with Crippen molar-refractivity contribution in [2.45, 2.75) is 32.4 Å². The number of halogens is 5. The minimum Gasteiger partial charge on any atom is -0.457 e. The van der Waals surface area contributed by atoms with Gasteiger partial charge >= 0.3 is 12.2 Å². The molecule has 4 aromatic rings. The maximum absolute atomic E-state index is 14.0. The molecule has 0 unspecified atom stereocenters. The molecule has 2 aromatic carbocycles. The van der Waals surface area contributed by atoms with Gasteiger partial charge in [-0.25, -0.2) is 18.3 Å². The van der Waals surface area contributed by atoms with E-state index in [0.717, 1.165) is 22.9 Å². The van der Waals surface area contributed by atoms with E-state index >= 15 is 0 Å². The van der Waals surface area contributed by atoms with Crippen LogP contribution in [0.2, 0.25) is 0 Å². The summed E-state index contributed by atoms with van der Waals surface area (Å²) >= 11 is 0. The summed E-state index contributed by atoms with van der Waals surface area (Å²) in [6.07, 6.45) is -3.63. The minimum atomic E-state index is -4.90. The molecule has 0 atom stereocenters. The van der Waals surface area contributed by atoms with Crippen LogP contribution in [0.15, 0.2) is 60.8 Å². The summed E-state index contributed by atoms with van der Waals surface area (Å²) < 4.78 is 76.4. The molecule has 3 amide bonds. The van der Waals surface area contributed by atoms with Crippen LogP contribution in [0.5, 0.6) is 11.5 Å². The van der Waals surface area contributed by atoms with Gasteiger partial charge in [0.1, 0.15) is 34.6 Å². The van der Waals surface area contributed by atoms with Gasteiger partial charge in [-0.05, 0) is 36.4 Å². The van der Waals surface area contributed by atoms with E-state index < -0.39 is 46.4 Å². The molecule has 42 heavy (non-hydrogen) atoms. The molecule has 14 heteroatoms. The van der Waals surface area contributed by atoms with Crippen LogP contribution in [0.1, 0.15) is 42.5 Å². The van der Waals surface area contributed by atoms with Gasteiger partial charge in [0.25, 0.3) is 5.91 Å². The van der Waals surface area contributed by atoms with Crippen molar-refractivity contribution in [2.75, 3.05) is 17.7 Å². The zero-order valence-corrected chi connectivity index (χ0v) is 22.7. The van der Waals surface area contributed by atoms with E-state index in [1.807, 2.05) is 20.8 Å². The highest BCUT2D eigenvalue weighted by Crippen LogP contribution is 2.38. The Morgan fingerprint density at radius 1 is 0.881 bits per heavy atom. The molecule has 2 heterocycles. The lowest BCUT2D eigenvalue weighted by molar-refractivity contribution is -0.137. The summed E-state index contributed by atoms with van der Waals surface area (Å²) in [6.45, 7) is 5.46. The Morgan fingerprint density at radius 3 is 2.17 bits per heavy atom. The number of rotatable bonds is 6. The smallest absolute Gasteiger partial charge is 0.418 e. The van der Waals surface area contributed by atoms with Crippen molar-refractivity contribution >= 4 is 23.4 Å². The van der Waals surface area contributed by atoms with Crippen molar-refractivity contribution in [1.29, 1.82) is 0 Å². The van der Waals surface area contributed by atoms with E-state index in [1.54, 1.807) is 0 Å². The Morgan fingerprint density at radius 2 is 1.55 bits per heavy atom. The highest BCUT2D eigenvalue weighted by Gasteiger charge is 2.35. The number of carbonyl (C=O) groups excluding carboxylic acids is 2. The fourth-order valence-corrected chi connectivity index (χ4v) is 3.76. The van der Waals surface area contributed by atoms with Crippen LogP contribution >= 0.6 is 0 Å². The second-order valence-corrected chi connectivity index (χ2v) is 10.0. The van der Waals surface area contributed by atoms with Crippen LogP contribution in [-0.2, 0) is 11.6 Å². The molecule has 2 aromatic heterocycles. The Hall–Kier alpha value is -5.01. The van der Waals surface area contributed by atoms with E-state index in [1.165, 1.54) is 37.5 Å². The largest absolute Gasteiger partial charge is 0.457 e. The lowest BCUT2D eigenvalue weighted by Gasteiger charge is -2.16. The van der Waals surface area contributed by atoms with Crippen LogP contribution in [0.4, 0.5) is 38.3 Å². The molecule has 3 N–H and O–H groups in total. The van der Waals surface area contributed by atoms with Gasteiger partial charge in [0.15, 0.2) is 0 Å². The fourth-order valence-electron chi connectivity index (χ4n) is 3.76. The van der Waals surface area contributed by atoms with E-state index in [-0.39, 0.29) is 28.7 Å². The third-order valence-corrected chi connectivity index (χ3v) is 5.78. The molecule has 0 spiro atoms. The van der Waals surface area contributed by atoms with Crippen molar-refractivity contribution < 1.29 is 36.3 Å². The molecular weight excluding hydrogens is 563 g/mol. The summed E-state index contributed by atoms with van der Waals surface area (Å²) in [5.41, 5.74) is -1.96. The van der Waals surface area contributed by atoms with Crippen LogP contribution in [0, 0.1) is 11.6 Å². The van der Waals surface area contributed by atoms with Gasteiger partial charge in [0.2, 0.25) is 0 Å². The molecule has 0 aliphatic heterocycles. The second kappa shape index (κ2) is 11.5. The maximum atomic E-state index is 14.0. The molecule has 0 aliphatic rings. The molecular formula is C28H25F5N6O3. The molecule has 0 saturated heterocycles. The number of urea groups is 1. The Kier molecular flexibility index (Phi) is 8.18. The molecule has 4 rings (SSSR count). The van der Waals surface area contributed by atoms with Gasteiger partial charge < -0.3 is 15.4 Å². The molecule has 0 aliphatic carbocycles. The van der Waals surface area contributed by atoms with Crippen molar-refractivity contribution in [1.82, 2.24) is 20.1 Å². The molecule has 9 nitrogen and oxygen atoms in total. The van der Waals surface area contributed by atoms with Gasteiger partial charge in [-0.3, -0.25) is 15.1 Å². The molecule has 0 bridgehead atoms. The number of carbonyl (C=O) groups is 2. The number of alkyl halides is 3. The van der Waals surface area contributed by atoms with Crippen molar-refractivity contribution in [3.05, 3.63) is 89.4 Å². The van der Waals surface area contributed by atoms with Crippen LogP contribution in [0.25, 0.3) is 5.69 Å². The number of amides is 3. The predicted molar refractivity (Wildman–Crippen MR) is 144 cm³/mol. The third-order valence-electron chi connectivity index (χ3n) is 5.78. The number of hydrogen-bond donors (Lipinski definition) is 3. The minimum absolute atomic E-state index is 0.00385. The fraction of sp³-hybridized carbons (Fsp3) is 0.214. The highest BCUT2D eigenvalue weighted by atomic mass is 19.4. The average Bonchev–Trinajstić information content (AvgIpc) is 3.32. The van der Waals surface area contributed by atoms with E-state index in [2.05, 4.69) is 26.0 Å². The number of aromatic nitrogens is 3. The second-order valence-electron chi connectivity index (χ2n) is 10.0. The number of ether oxygens (including phenoxy) is 1. The number of nitrogens with zero attached hydrogens (tertiary/aromatic N) is 3. The monoisotopic (exact) mass is 588 g/mol. The summed E-state index contributed by atoms with van der Waals surface area (Å²) in [7, 11) is 1.40. The van der Waals surface area contributed by atoms with Gasteiger partial charge in [-0.1, -0.05) is 20.8 Å². The van der Waals surface area contributed by atoms with E-state index in [0.29, 0.717) is 17.8 Å². The zero-order chi connectivity index (χ0) is 30.8. The van der Waals surface area contributed by atoms with Crippen LogP contribution in [0.3, 0.4) is 0 Å². The lowest BCUT2D eigenvalue weighted by Crippen LogP contribution is -2.23. The Labute approximate surface area is 236 Å². The Balaban J connectivity index is 1.62. The molecule has 0 saturated carbocycles. The summed E-state index contributed by atoms with van der Waals surface area (Å²) in [5.74, 6) is -2.49. The zero-order valence-electron chi connectivity index (χ0n) is 22.7. The summed E-state index contributed by atoms with van der Waals surface area (Å²) in [4.78, 5) is 28.6. The van der Waals surface area contributed by atoms with Crippen molar-refractivity contribution in [3.8, 4) is 17.2 Å². The summed E-state index contributed by atoms with van der Waals surface area (Å²) in [5, 5.41) is 11.3. The summed E-state index contributed by atoms with van der Waals surface area (Å²) in [6, 6.07) is 8.53. The first-order chi connectivity index (χ1) is 19.6. The normalized spacial score (nSPS) is 11.6. The van der Waals surface area contributed by atoms with Gasteiger partial charge in [0, 0.05) is 36.9 Å². The number of benzene rings is 2. The highest BCUT2D eigenvalue weighted by molar-refractivity contribution is 6.00. The molecule has 0 radical (unpaired) electrons. The van der Waals surface area contributed by atoms with Gasteiger partial charge in [-0.15, -0.1) is 0 Å². The first kappa shape index (κ1) is 30.0. The predicted octanol–water partition coefficient (Wildman–Crippen LogP) is 6.66. The Bertz CT molecular complexity index is 1630.